The van der Waals surface area contributed by atoms with E-state index >= 15 is 0 Å². The fourth-order valence-electron chi connectivity index (χ4n) is 7.42. The first-order valence-corrected chi connectivity index (χ1v) is 18.9. The molecule has 1 unspecified atom stereocenters. The van der Waals surface area contributed by atoms with Gasteiger partial charge in [-0.1, -0.05) is 11.6 Å². The summed E-state index contributed by atoms with van der Waals surface area (Å²) >= 11 is 6.54. The number of ether oxygens (including phenoxy) is 1. The number of likely N-dealkylation sites (N-methyl/N-ethyl adjacent to an activating group) is 1. The third-order valence-electron chi connectivity index (χ3n) is 10.6. The number of aryl methyl sites for hydroxylation is 1. The Morgan fingerprint density at radius 1 is 1.02 bits per heavy atom. The van der Waals surface area contributed by atoms with Gasteiger partial charge in [0.25, 0.3) is 17.4 Å². The fourth-order valence-corrected chi connectivity index (χ4v) is 7.56. The van der Waals surface area contributed by atoms with Crippen LogP contribution in [0.15, 0.2) is 51.8 Å². The molecule has 290 valence electrons. The van der Waals surface area contributed by atoms with Gasteiger partial charge in [-0.15, -0.1) is 0 Å². The van der Waals surface area contributed by atoms with Crippen LogP contribution in [0.5, 0.6) is 5.75 Å². The molecular weight excluding hydrogens is 730 g/mol. The number of pyridine rings is 1. The van der Waals surface area contributed by atoms with Crippen molar-refractivity contribution in [1.29, 1.82) is 0 Å². The van der Waals surface area contributed by atoms with E-state index < -0.39 is 17.9 Å². The molecule has 6 heterocycles. The molecule has 4 aromatic rings. The van der Waals surface area contributed by atoms with Crippen LogP contribution in [0.1, 0.15) is 60.8 Å². The maximum Gasteiger partial charge on any atom is 0.293 e. The van der Waals surface area contributed by atoms with Crippen LogP contribution < -0.4 is 36.5 Å². The molecule has 0 aliphatic carbocycles. The first-order chi connectivity index (χ1) is 26.5. The van der Waals surface area contributed by atoms with Crippen molar-refractivity contribution in [1.82, 2.24) is 35.4 Å². The molecule has 4 amide bonds. The van der Waals surface area contributed by atoms with Gasteiger partial charge in [-0.2, -0.15) is 4.98 Å². The van der Waals surface area contributed by atoms with E-state index in [1.165, 1.54) is 11.6 Å². The Balaban J connectivity index is 0.894. The minimum Gasteiger partial charge on any atom is -0.478 e. The smallest absolute Gasteiger partial charge is 0.293 e. The molecule has 0 saturated carbocycles. The molecule has 3 aliphatic heterocycles. The number of halogens is 1. The molecule has 0 spiro atoms. The largest absolute Gasteiger partial charge is 0.478 e. The van der Waals surface area contributed by atoms with Crippen LogP contribution in [0.4, 0.5) is 17.5 Å². The minimum absolute atomic E-state index is 0.0760. The van der Waals surface area contributed by atoms with Crippen molar-refractivity contribution in [3.8, 4) is 5.75 Å². The second kappa shape index (κ2) is 16.5. The number of rotatable bonds is 11. The number of imide groups is 1. The summed E-state index contributed by atoms with van der Waals surface area (Å²) in [5.41, 5.74) is 1.07. The van der Waals surface area contributed by atoms with Gasteiger partial charge in [-0.05, 0) is 87.5 Å². The third kappa shape index (κ3) is 8.75. The normalized spacial score (nSPS) is 18.6. The number of benzene rings is 1. The molecule has 3 saturated heterocycles. The monoisotopic (exact) mass is 773 g/mol. The lowest BCUT2D eigenvalue weighted by atomic mass is 9.91. The molecule has 7 rings (SSSR count). The topological polar surface area (TPSA) is 193 Å². The van der Waals surface area contributed by atoms with E-state index in [2.05, 4.69) is 36.1 Å². The number of piperidine rings is 3. The molecule has 16 nitrogen and oxygen atoms in total. The zero-order chi connectivity index (χ0) is 38.6. The number of carbonyl (C=O) groups is 4. The van der Waals surface area contributed by atoms with Gasteiger partial charge in [-0.3, -0.25) is 29.3 Å². The highest BCUT2D eigenvalue weighted by Gasteiger charge is 2.31. The number of amides is 4. The standard InChI is InChI=1S/C38H44ClN9O7/c1-40-33(50)21-54-31-18-24-17-25(3-5-28(24)46(2)37(31)53)42-34-26(39)19-41-38(45-34)48-15-9-22(10-16-48)20-47-13-11-23(12-14-47)29-6-7-30(55-29)36(52)43-27-4-8-32(49)44-35(27)51/h3,5-7,17-19,22-23,27H,4,8-16,20-21H2,1-2H3,(H,40,50)(H,43,52)(H,41,42,45)(H,44,49,51). The maximum absolute atomic E-state index is 12.8. The zero-order valence-corrected chi connectivity index (χ0v) is 31.5. The number of anilines is 3. The van der Waals surface area contributed by atoms with Gasteiger partial charge < -0.3 is 39.5 Å². The first-order valence-electron chi connectivity index (χ1n) is 18.5. The second-order valence-corrected chi connectivity index (χ2v) is 14.7. The van der Waals surface area contributed by atoms with E-state index in [1.807, 2.05) is 24.3 Å². The summed E-state index contributed by atoms with van der Waals surface area (Å²) in [6.07, 6.45) is 5.94. The summed E-state index contributed by atoms with van der Waals surface area (Å²) < 4.78 is 12.9. The minimum atomic E-state index is -0.746. The molecule has 4 N–H and O–H groups in total. The van der Waals surface area contributed by atoms with E-state index in [0.717, 1.165) is 69.6 Å². The van der Waals surface area contributed by atoms with Crippen molar-refractivity contribution in [2.75, 3.05) is 56.6 Å². The van der Waals surface area contributed by atoms with Crippen LogP contribution in [-0.2, 0) is 21.4 Å². The molecular formula is C38H44ClN9O7. The first kappa shape index (κ1) is 37.8. The molecule has 1 aromatic carbocycles. The van der Waals surface area contributed by atoms with Crippen LogP contribution in [0, 0.1) is 5.92 Å². The summed E-state index contributed by atoms with van der Waals surface area (Å²) in [5.74, 6) is 1.24. The SMILES string of the molecule is CNC(=O)COc1cc2cc(Nc3nc(N4CCC(CN5CCC(c6ccc(C(=O)NC7CCC(=O)NC7=O)o6)CC5)CC4)ncc3Cl)ccc2n(C)c1=O. The Morgan fingerprint density at radius 3 is 2.55 bits per heavy atom. The molecule has 0 radical (unpaired) electrons. The second-order valence-electron chi connectivity index (χ2n) is 14.3. The van der Waals surface area contributed by atoms with Crippen LogP contribution in [0.2, 0.25) is 5.02 Å². The molecule has 1 atom stereocenters. The molecule has 55 heavy (non-hydrogen) atoms. The molecule has 3 fully saturated rings. The fraction of sp³-hybridized carbons (Fsp3) is 0.447. The van der Waals surface area contributed by atoms with Crippen LogP contribution in [-0.4, -0.2) is 95.5 Å². The van der Waals surface area contributed by atoms with Gasteiger partial charge >= 0.3 is 0 Å². The van der Waals surface area contributed by atoms with E-state index in [4.69, 9.17) is 25.7 Å². The number of furan rings is 1. The van der Waals surface area contributed by atoms with Gasteiger partial charge in [0.2, 0.25) is 17.8 Å². The lowest BCUT2D eigenvalue weighted by Gasteiger charge is -2.37. The van der Waals surface area contributed by atoms with Gasteiger partial charge in [0.1, 0.15) is 16.8 Å². The number of hydrogen-bond acceptors (Lipinski definition) is 12. The highest BCUT2D eigenvalue weighted by molar-refractivity contribution is 6.33. The predicted molar refractivity (Wildman–Crippen MR) is 205 cm³/mol. The lowest BCUT2D eigenvalue weighted by Crippen LogP contribution is -2.52. The number of nitrogens with one attached hydrogen (secondary N) is 4. The van der Waals surface area contributed by atoms with Crippen molar-refractivity contribution in [2.24, 2.45) is 13.0 Å². The number of nitrogens with zero attached hydrogens (tertiary/aromatic N) is 5. The number of aromatic nitrogens is 3. The van der Waals surface area contributed by atoms with Crippen molar-refractivity contribution in [3.63, 3.8) is 0 Å². The average molecular weight is 774 g/mol. The van der Waals surface area contributed by atoms with E-state index in [1.54, 1.807) is 25.4 Å². The molecule has 0 bridgehead atoms. The quantitative estimate of drug-likeness (QED) is 0.163. The van der Waals surface area contributed by atoms with Crippen molar-refractivity contribution in [3.05, 3.63) is 69.5 Å². The number of likely N-dealkylation sites (tertiary alicyclic amines) is 1. The van der Waals surface area contributed by atoms with Crippen molar-refractivity contribution < 1.29 is 28.3 Å². The number of carbonyl (C=O) groups excluding carboxylic acids is 4. The summed E-state index contributed by atoms with van der Waals surface area (Å²) in [7, 11) is 3.16. The number of hydrogen-bond donors (Lipinski definition) is 4. The predicted octanol–water partition coefficient (Wildman–Crippen LogP) is 3.07. The van der Waals surface area contributed by atoms with Gasteiger partial charge in [0.15, 0.2) is 23.9 Å². The van der Waals surface area contributed by atoms with Crippen LogP contribution >= 0.6 is 11.6 Å². The Morgan fingerprint density at radius 2 is 1.80 bits per heavy atom. The van der Waals surface area contributed by atoms with Crippen molar-refractivity contribution in [2.45, 2.75) is 50.5 Å². The van der Waals surface area contributed by atoms with Gasteiger partial charge in [-0.25, -0.2) is 4.98 Å². The number of fused-ring (bicyclic) bond motifs is 1. The molecule has 17 heteroatoms. The summed E-state index contributed by atoms with van der Waals surface area (Å²) in [5, 5.41) is 11.8. The van der Waals surface area contributed by atoms with Crippen molar-refractivity contribution >= 4 is 63.6 Å². The summed E-state index contributed by atoms with van der Waals surface area (Å²) in [6, 6.07) is 9.91. The van der Waals surface area contributed by atoms with E-state index in [9.17, 15) is 24.0 Å². The average Bonchev–Trinajstić information content (AvgIpc) is 3.69. The highest BCUT2D eigenvalue weighted by Crippen LogP contribution is 2.32. The van der Waals surface area contributed by atoms with Crippen LogP contribution in [0.3, 0.4) is 0 Å². The Hall–Kier alpha value is -5.48. The van der Waals surface area contributed by atoms with E-state index in [-0.39, 0.29) is 54.2 Å². The molecule has 3 aliphatic rings. The third-order valence-corrected chi connectivity index (χ3v) is 10.9. The summed E-state index contributed by atoms with van der Waals surface area (Å²) in [4.78, 5) is 74.6. The maximum atomic E-state index is 12.8. The highest BCUT2D eigenvalue weighted by atomic mass is 35.5. The summed E-state index contributed by atoms with van der Waals surface area (Å²) in [6.45, 7) is 4.27. The zero-order valence-electron chi connectivity index (χ0n) is 30.7. The van der Waals surface area contributed by atoms with Gasteiger partial charge in [0.05, 0.1) is 11.7 Å². The van der Waals surface area contributed by atoms with E-state index in [0.29, 0.717) is 33.9 Å². The Bertz CT molecular complexity index is 2160. The Kier molecular flexibility index (Phi) is 11.3. The van der Waals surface area contributed by atoms with Gasteiger partial charge in [0, 0.05) is 57.1 Å². The lowest BCUT2D eigenvalue weighted by molar-refractivity contribution is -0.134. The molecule has 3 aromatic heterocycles. The van der Waals surface area contributed by atoms with Crippen LogP contribution in [0.25, 0.3) is 10.9 Å². The Labute approximate surface area is 321 Å².